The topological polar surface area (TPSA) is 60.7 Å². The Morgan fingerprint density at radius 3 is 3.00 bits per heavy atom. The lowest BCUT2D eigenvalue weighted by molar-refractivity contribution is -0.412. The molecule has 7 heteroatoms. The van der Waals surface area contributed by atoms with Crippen LogP contribution in [0.15, 0.2) is 24.3 Å². The Kier molecular flexibility index (Phi) is 4.06. The average Bonchev–Trinajstić information content (AvgIpc) is 2.61. The molecule has 2 aromatic rings. The average molecular weight is 357 g/mol. The number of aryl methyl sites for hydroxylation is 1. The summed E-state index contributed by atoms with van der Waals surface area (Å²) in [5.41, 5.74) is 2.49. The number of carbonyl (C=O) groups is 1. The number of pyridine rings is 1. The van der Waals surface area contributed by atoms with Gasteiger partial charge in [-0.1, -0.05) is 0 Å². The summed E-state index contributed by atoms with van der Waals surface area (Å²) in [5, 5.41) is 0. The molecule has 26 heavy (non-hydrogen) atoms. The van der Waals surface area contributed by atoms with Crippen LogP contribution >= 0.6 is 0 Å². The normalized spacial score (nSPS) is 17.2. The highest BCUT2D eigenvalue weighted by molar-refractivity contribution is 5.86. The van der Waals surface area contributed by atoms with E-state index in [1.807, 2.05) is 23.9 Å². The van der Waals surface area contributed by atoms with Crippen LogP contribution in [-0.4, -0.2) is 41.5 Å². The maximum Gasteiger partial charge on any atom is 0.347 e. The Bertz CT molecular complexity index is 926. The van der Waals surface area contributed by atoms with Crippen LogP contribution < -0.4 is 9.47 Å². The van der Waals surface area contributed by atoms with Gasteiger partial charge in [-0.15, -0.1) is 0 Å². The van der Waals surface area contributed by atoms with E-state index in [-0.39, 0.29) is 5.75 Å². The van der Waals surface area contributed by atoms with Crippen LogP contribution in [0.5, 0.6) is 17.4 Å². The SMILES string of the molecule is CCOC(=O)C1CCc2cc(F)c(Oc3ccc4c(n3)C=[N+]4C)cc2O1. The van der Waals surface area contributed by atoms with Crippen molar-refractivity contribution in [3.63, 3.8) is 0 Å². The fourth-order valence-electron chi connectivity index (χ4n) is 3.06. The van der Waals surface area contributed by atoms with Crippen LogP contribution in [0.1, 0.15) is 24.6 Å². The van der Waals surface area contributed by atoms with Gasteiger partial charge in [-0.25, -0.2) is 14.2 Å². The van der Waals surface area contributed by atoms with Gasteiger partial charge in [-0.2, -0.15) is 4.58 Å². The second kappa shape index (κ2) is 6.40. The summed E-state index contributed by atoms with van der Waals surface area (Å²) in [7, 11) is 1.92. The number of nitrogens with zero attached hydrogens (tertiary/aromatic N) is 2. The molecule has 0 radical (unpaired) electrons. The zero-order chi connectivity index (χ0) is 18.3. The van der Waals surface area contributed by atoms with Gasteiger partial charge in [0.15, 0.2) is 17.7 Å². The standard InChI is InChI=1S/C19H18FN2O4/c1-3-24-19(23)15-6-4-11-8-12(20)17(9-16(11)25-15)26-18-7-5-14-13(21-18)10-22(14)2/h5,7-10,15H,3-4,6H2,1-2H3/q+1. The number of benzene rings is 1. The Morgan fingerprint density at radius 2 is 2.27 bits per heavy atom. The second-order valence-electron chi connectivity index (χ2n) is 6.18. The first kappa shape index (κ1) is 16.5. The first-order valence-electron chi connectivity index (χ1n) is 8.47. The molecule has 0 amide bonds. The fraction of sp³-hybridized carbons (Fsp3) is 0.316. The van der Waals surface area contributed by atoms with Crippen LogP contribution in [0.4, 0.5) is 10.1 Å². The lowest BCUT2D eigenvalue weighted by Gasteiger charge is -2.25. The van der Waals surface area contributed by atoms with E-state index in [2.05, 4.69) is 4.98 Å². The monoisotopic (exact) mass is 357 g/mol. The van der Waals surface area contributed by atoms with Gasteiger partial charge in [-0.05, 0) is 31.4 Å². The van der Waals surface area contributed by atoms with Crippen LogP contribution in [0, 0.1) is 5.82 Å². The van der Waals surface area contributed by atoms with Crippen molar-refractivity contribution in [2.75, 3.05) is 13.7 Å². The Balaban J connectivity index is 1.56. The maximum atomic E-state index is 14.4. The first-order valence-corrected chi connectivity index (χ1v) is 8.47. The van der Waals surface area contributed by atoms with Crippen LogP contribution in [0.2, 0.25) is 0 Å². The quantitative estimate of drug-likeness (QED) is 0.622. The van der Waals surface area contributed by atoms with Gasteiger partial charge < -0.3 is 14.2 Å². The number of carbonyl (C=O) groups excluding carboxylic acids is 1. The summed E-state index contributed by atoms with van der Waals surface area (Å²) >= 11 is 0. The molecule has 1 aromatic heterocycles. The third kappa shape index (κ3) is 2.89. The largest absolute Gasteiger partial charge is 0.478 e. The summed E-state index contributed by atoms with van der Waals surface area (Å²) in [6.45, 7) is 2.03. The molecular formula is C19H18FN2O4+. The number of halogens is 1. The highest BCUT2D eigenvalue weighted by Crippen LogP contribution is 2.36. The van der Waals surface area contributed by atoms with E-state index in [0.717, 1.165) is 11.4 Å². The summed E-state index contributed by atoms with van der Waals surface area (Å²) in [5.74, 6) is -0.166. The van der Waals surface area contributed by atoms with E-state index in [4.69, 9.17) is 14.2 Å². The minimum Gasteiger partial charge on any atom is -0.478 e. The lowest BCUT2D eigenvalue weighted by atomic mass is 10.0. The number of hydrogen-bond acceptors (Lipinski definition) is 5. The van der Waals surface area contributed by atoms with Gasteiger partial charge in [0.2, 0.25) is 23.5 Å². The molecule has 0 saturated heterocycles. The van der Waals surface area contributed by atoms with Crippen molar-refractivity contribution in [1.29, 1.82) is 0 Å². The molecule has 2 aliphatic rings. The summed E-state index contributed by atoms with van der Waals surface area (Å²) < 4.78 is 32.6. The van der Waals surface area contributed by atoms with E-state index in [0.29, 0.717) is 36.6 Å². The number of esters is 1. The molecule has 0 spiro atoms. The molecule has 0 N–H and O–H groups in total. The van der Waals surface area contributed by atoms with Crippen molar-refractivity contribution in [3.05, 3.63) is 41.3 Å². The van der Waals surface area contributed by atoms with E-state index in [9.17, 15) is 9.18 Å². The van der Waals surface area contributed by atoms with Crippen LogP contribution in [0.25, 0.3) is 0 Å². The highest BCUT2D eigenvalue weighted by atomic mass is 19.1. The second-order valence-corrected chi connectivity index (χ2v) is 6.18. The summed E-state index contributed by atoms with van der Waals surface area (Å²) in [4.78, 5) is 16.2. The molecule has 0 bridgehead atoms. The highest BCUT2D eigenvalue weighted by Gasteiger charge is 2.29. The number of aromatic nitrogens is 1. The van der Waals surface area contributed by atoms with Gasteiger partial charge in [0.25, 0.3) is 0 Å². The van der Waals surface area contributed by atoms with Crippen molar-refractivity contribution in [2.24, 2.45) is 0 Å². The zero-order valence-corrected chi connectivity index (χ0v) is 14.5. The Hall–Kier alpha value is -2.96. The number of ether oxygens (including phenoxy) is 3. The Labute approximate surface area is 149 Å². The minimum absolute atomic E-state index is 0.00777. The number of hydrogen-bond donors (Lipinski definition) is 0. The van der Waals surface area contributed by atoms with Gasteiger partial charge in [0.05, 0.1) is 6.61 Å². The van der Waals surface area contributed by atoms with Crippen LogP contribution in [0.3, 0.4) is 0 Å². The Morgan fingerprint density at radius 1 is 1.42 bits per heavy atom. The third-order valence-corrected chi connectivity index (χ3v) is 4.40. The molecule has 0 aliphatic carbocycles. The summed E-state index contributed by atoms with van der Waals surface area (Å²) in [6.07, 6.45) is 2.18. The predicted molar refractivity (Wildman–Crippen MR) is 91.1 cm³/mol. The van der Waals surface area contributed by atoms with Crippen LogP contribution in [-0.2, 0) is 16.0 Å². The molecule has 0 saturated carbocycles. The molecule has 0 fully saturated rings. The fourth-order valence-corrected chi connectivity index (χ4v) is 3.06. The molecule has 1 atom stereocenters. The van der Waals surface area contributed by atoms with Crippen molar-refractivity contribution >= 4 is 17.9 Å². The molecule has 4 rings (SSSR count). The van der Waals surface area contributed by atoms with Crippen molar-refractivity contribution < 1.29 is 28.0 Å². The molecular weight excluding hydrogens is 339 g/mol. The van der Waals surface area contributed by atoms with Crippen molar-refractivity contribution in [1.82, 2.24) is 4.98 Å². The number of rotatable bonds is 4. The van der Waals surface area contributed by atoms with Crippen molar-refractivity contribution in [3.8, 4) is 17.4 Å². The number of fused-ring (bicyclic) bond motifs is 2. The maximum absolute atomic E-state index is 14.4. The smallest absolute Gasteiger partial charge is 0.347 e. The molecule has 2 aliphatic heterocycles. The third-order valence-electron chi connectivity index (χ3n) is 4.40. The minimum atomic E-state index is -0.680. The van der Waals surface area contributed by atoms with E-state index < -0.39 is 17.9 Å². The van der Waals surface area contributed by atoms with Gasteiger partial charge in [0.1, 0.15) is 12.8 Å². The molecule has 3 heterocycles. The summed E-state index contributed by atoms with van der Waals surface area (Å²) in [6, 6.07) is 6.39. The molecule has 1 aromatic carbocycles. The van der Waals surface area contributed by atoms with E-state index in [1.165, 1.54) is 12.1 Å². The van der Waals surface area contributed by atoms with Gasteiger partial charge in [-0.3, -0.25) is 0 Å². The molecule has 6 nitrogen and oxygen atoms in total. The predicted octanol–water partition coefficient (Wildman–Crippen LogP) is 2.98. The van der Waals surface area contributed by atoms with Gasteiger partial charge in [0, 0.05) is 18.2 Å². The zero-order valence-electron chi connectivity index (χ0n) is 14.5. The molecule has 1 unspecified atom stereocenters. The lowest BCUT2D eigenvalue weighted by Crippen LogP contribution is -2.32. The van der Waals surface area contributed by atoms with Gasteiger partial charge >= 0.3 is 5.97 Å². The van der Waals surface area contributed by atoms with Crippen molar-refractivity contribution in [2.45, 2.75) is 25.9 Å². The molecule has 134 valence electrons. The van der Waals surface area contributed by atoms with E-state index >= 15 is 0 Å². The van der Waals surface area contributed by atoms with E-state index in [1.54, 1.807) is 13.0 Å². The first-order chi connectivity index (χ1) is 12.5.